The van der Waals surface area contributed by atoms with E-state index in [9.17, 15) is 14.4 Å². The Hall–Kier alpha value is -1.76. The fraction of sp³-hybridized carbons (Fsp3) is 0.455. The molecule has 0 aliphatic heterocycles. The van der Waals surface area contributed by atoms with Crippen LogP contribution in [0, 0.1) is 6.92 Å². The van der Waals surface area contributed by atoms with Crippen LogP contribution in [0.4, 0.5) is 5.13 Å². The maximum absolute atomic E-state index is 11.5. The van der Waals surface area contributed by atoms with Gasteiger partial charge in [0.25, 0.3) is 0 Å². The number of nitrogens with zero attached hydrogens (tertiary/aromatic N) is 1. The maximum atomic E-state index is 11.5. The van der Waals surface area contributed by atoms with Gasteiger partial charge in [-0.3, -0.25) is 14.4 Å². The second-order valence-corrected chi connectivity index (χ2v) is 4.61. The van der Waals surface area contributed by atoms with Crippen molar-refractivity contribution in [2.75, 3.05) is 12.4 Å². The quantitative estimate of drug-likeness (QED) is 0.648. The van der Waals surface area contributed by atoms with Crippen molar-refractivity contribution in [1.82, 2.24) is 4.98 Å². The molecule has 1 heterocycles. The minimum absolute atomic E-state index is 0.0201. The van der Waals surface area contributed by atoms with Gasteiger partial charge in [0.05, 0.1) is 24.1 Å². The number of hydrogen-bond donors (Lipinski definition) is 1. The zero-order valence-corrected chi connectivity index (χ0v) is 11.2. The molecule has 0 aliphatic carbocycles. The molecule has 0 saturated heterocycles. The number of aryl methyl sites for hydroxylation is 1. The second kappa shape index (κ2) is 6.25. The lowest BCUT2D eigenvalue weighted by Gasteiger charge is -2.00. The van der Waals surface area contributed by atoms with E-state index in [1.54, 1.807) is 6.92 Å². The number of anilines is 1. The van der Waals surface area contributed by atoms with E-state index in [1.165, 1.54) is 14.0 Å². The van der Waals surface area contributed by atoms with E-state index in [2.05, 4.69) is 15.0 Å². The van der Waals surface area contributed by atoms with Gasteiger partial charge < -0.3 is 10.1 Å². The Morgan fingerprint density at radius 1 is 1.33 bits per heavy atom. The van der Waals surface area contributed by atoms with Gasteiger partial charge >= 0.3 is 5.97 Å². The van der Waals surface area contributed by atoms with Gasteiger partial charge in [0.2, 0.25) is 5.91 Å². The molecule has 18 heavy (non-hydrogen) atoms. The van der Waals surface area contributed by atoms with Gasteiger partial charge in [0.1, 0.15) is 0 Å². The molecule has 0 unspecified atom stereocenters. The number of amides is 1. The maximum Gasteiger partial charge on any atom is 0.306 e. The van der Waals surface area contributed by atoms with E-state index in [4.69, 9.17) is 0 Å². The Balaban J connectivity index is 2.57. The SMILES string of the molecule is COC(=O)CCC(=O)Nc1nc(C)c(C(C)=O)s1. The van der Waals surface area contributed by atoms with E-state index >= 15 is 0 Å². The third-order valence-corrected chi connectivity index (χ3v) is 3.32. The molecule has 1 amide bonds. The average molecular weight is 270 g/mol. The molecule has 0 atom stereocenters. The normalized spacial score (nSPS) is 9.94. The summed E-state index contributed by atoms with van der Waals surface area (Å²) < 4.78 is 4.43. The van der Waals surface area contributed by atoms with Gasteiger partial charge in [-0.15, -0.1) is 0 Å². The minimum atomic E-state index is -0.440. The Morgan fingerprint density at radius 3 is 2.50 bits per heavy atom. The number of rotatable bonds is 5. The number of methoxy groups -OCH3 is 1. The summed E-state index contributed by atoms with van der Waals surface area (Å²) in [4.78, 5) is 38.2. The van der Waals surface area contributed by atoms with Gasteiger partial charge in [0, 0.05) is 13.3 Å². The van der Waals surface area contributed by atoms with Gasteiger partial charge in [-0.25, -0.2) is 4.98 Å². The van der Waals surface area contributed by atoms with Crippen LogP contribution in [-0.4, -0.2) is 29.8 Å². The molecule has 0 fully saturated rings. The monoisotopic (exact) mass is 270 g/mol. The van der Waals surface area contributed by atoms with Crippen molar-refractivity contribution < 1.29 is 19.1 Å². The van der Waals surface area contributed by atoms with Crippen LogP contribution in [0.3, 0.4) is 0 Å². The fourth-order valence-electron chi connectivity index (χ4n) is 1.28. The molecule has 1 aromatic heterocycles. The van der Waals surface area contributed by atoms with Crippen LogP contribution >= 0.6 is 11.3 Å². The Bertz CT molecular complexity index is 481. The highest BCUT2D eigenvalue weighted by atomic mass is 32.1. The van der Waals surface area contributed by atoms with Crippen molar-refractivity contribution >= 4 is 34.1 Å². The number of carbonyl (C=O) groups excluding carboxylic acids is 3. The van der Waals surface area contributed by atoms with Crippen molar-refractivity contribution in [2.45, 2.75) is 26.7 Å². The molecule has 0 aliphatic rings. The molecule has 1 aromatic rings. The Kier molecular flexibility index (Phi) is 4.96. The van der Waals surface area contributed by atoms with Crippen LogP contribution in [0.5, 0.6) is 0 Å². The molecule has 1 rings (SSSR count). The van der Waals surface area contributed by atoms with Crippen LogP contribution in [0.15, 0.2) is 0 Å². The zero-order chi connectivity index (χ0) is 13.7. The summed E-state index contributed by atoms with van der Waals surface area (Å²) >= 11 is 1.13. The first-order chi connectivity index (χ1) is 8.43. The predicted molar refractivity (Wildman–Crippen MR) is 66.7 cm³/mol. The largest absolute Gasteiger partial charge is 0.469 e. The first kappa shape index (κ1) is 14.3. The Morgan fingerprint density at radius 2 is 2.00 bits per heavy atom. The molecule has 0 radical (unpaired) electrons. The summed E-state index contributed by atoms with van der Waals surface area (Å²) in [5.74, 6) is -0.853. The summed E-state index contributed by atoms with van der Waals surface area (Å²) in [6, 6.07) is 0. The summed E-state index contributed by atoms with van der Waals surface area (Å²) in [5, 5.41) is 2.91. The summed E-state index contributed by atoms with van der Waals surface area (Å²) in [7, 11) is 1.27. The van der Waals surface area contributed by atoms with Crippen molar-refractivity contribution in [3.8, 4) is 0 Å². The van der Waals surface area contributed by atoms with E-state index in [1.807, 2.05) is 0 Å². The van der Waals surface area contributed by atoms with E-state index in [-0.39, 0.29) is 24.5 Å². The smallest absolute Gasteiger partial charge is 0.306 e. The molecule has 0 bridgehead atoms. The van der Waals surface area contributed by atoms with Crippen LogP contribution in [0.2, 0.25) is 0 Å². The number of aromatic nitrogens is 1. The van der Waals surface area contributed by atoms with Crippen molar-refractivity contribution in [3.05, 3.63) is 10.6 Å². The number of nitrogens with one attached hydrogen (secondary N) is 1. The highest BCUT2D eigenvalue weighted by molar-refractivity contribution is 7.17. The van der Waals surface area contributed by atoms with Crippen LogP contribution < -0.4 is 5.32 Å². The van der Waals surface area contributed by atoms with Crippen molar-refractivity contribution in [2.24, 2.45) is 0 Å². The van der Waals surface area contributed by atoms with Crippen LogP contribution in [-0.2, 0) is 14.3 Å². The van der Waals surface area contributed by atoms with Crippen LogP contribution in [0.1, 0.15) is 35.1 Å². The van der Waals surface area contributed by atoms with Gasteiger partial charge in [-0.05, 0) is 6.92 Å². The fourth-order valence-corrected chi connectivity index (χ4v) is 2.15. The van der Waals surface area contributed by atoms with Gasteiger partial charge in [-0.1, -0.05) is 11.3 Å². The Labute approximate surface area is 108 Å². The molecule has 0 saturated carbocycles. The van der Waals surface area contributed by atoms with Crippen LogP contribution in [0.25, 0.3) is 0 Å². The highest BCUT2D eigenvalue weighted by Gasteiger charge is 2.14. The molecule has 98 valence electrons. The van der Waals surface area contributed by atoms with E-state index in [0.717, 1.165) is 11.3 Å². The molecular formula is C11H14N2O4S. The molecule has 1 N–H and O–H groups in total. The first-order valence-corrected chi connectivity index (χ1v) is 6.10. The van der Waals surface area contributed by atoms with Crippen molar-refractivity contribution in [3.63, 3.8) is 0 Å². The third-order valence-electron chi connectivity index (χ3n) is 2.15. The summed E-state index contributed by atoms with van der Waals surface area (Å²) in [6.45, 7) is 3.15. The highest BCUT2D eigenvalue weighted by Crippen LogP contribution is 2.22. The van der Waals surface area contributed by atoms with E-state index < -0.39 is 5.97 Å². The summed E-state index contributed by atoms with van der Waals surface area (Å²) in [6.07, 6.45) is 0.0486. The molecule has 0 spiro atoms. The number of esters is 1. The molecule has 7 heteroatoms. The average Bonchev–Trinajstić information content (AvgIpc) is 2.67. The lowest BCUT2D eigenvalue weighted by molar-refractivity contribution is -0.141. The van der Waals surface area contributed by atoms with Gasteiger partial charge in [0.15, 0.2) is 10.9 Å². The lowest BCUT2D eigenvalue weighted by atomic mass is 10.3. The molecule has 0 aromatic carbocycles. The van der Waals surface area contributed by atoms with Crippen molar-refractivity contribution in [1.29, 1.82) is 0 Å². The number of ether oxygens (including phenoxy) is 1. The zero-order valence-electron chi connectivity index (χ0n) is 10.4. The first-order valence-electron chi connectivity index (χ1n) is 5.29. The number of hydrogen-bond acceptors (Lipinski definition) is 6. The summed E-state index contributed by atoms with van der Waals surface area (Å²) in [5.41, 5.74) is 0.593. The number of ketones is 1. The van der Waals surface area contributed by atoms with Gasteiger partial charge in [-0.2, -0.15) is 0 Å². The number of Topliss-reactive ketones (excluding diaryl/α,β-unsaturated/α-hetero) is 1. The lowest BCUT2D eigenvalue weighted by Crippen LogP contribution is -2.13. The van der Waals surface area contributed by atoms with E-state index in [0.29, 0.717) is 15.7 Å². The minimum Gasteiger partial charge on any atom is -0.469 e. The second-order valence-electron chi connectivity index (χ2n) is 3.61. The molecule has 6 nitrogen and oxygen atoms in total. The predicted octanol–water partition coefficient (Wildman–Crippen LogP) is 1.55. The molecular weight excluding hydrogens is 256 g/mol. The number of carbonyl (C=O) groups is 3. The standard InChI is InChI=1S/C11H14N2O4S/c1-6-10(7(2)14)18-11(12-6)13-8(15)4-5-9(16)17-3/h4-5H2,1-3H3,(H,12,13,15). The third kappa shape index (κ3) is 3.92. The number of thiazole rings is 1. The topological polar surface area (TPSA) is 85.4 Å².